The van der Waals surface area contributed by atoms with Gasteiger partial charge in [0.05, 0.1) is 5.69 Å². The lowest BCUT2D eigenvalue weighted by molar-refractivity contribution is -0.140. The SMILES string of the molecule is Cc1cc(N2C(=O)NC(=O)C(C)(C)C2=O)ccc1F. The van der Waals surface area contributed by atoms with Gasteiger partial charge in [-0.3, -0.25) is 14.9 Å². The number of urea groups is 1. The van der Waals surface area contributed by atoms with Crippen LogP contribution in [0.25, 0.3) is 0 Å². The molecule has 1 saturated heterocycles. The van der Waals surface area contributed by atoms with E-state index >= 15 is 0 Å². The molecule has 5 nitrogen and oxygen atoms in total. The summed E-state index contributed by atoms with van der Waals surface area (Å²) >= 11 is 0. The molecule has 4 amide bonds. The van der Waals surface area contributed by atoms with E-state index in [4.69, 9.17) is 0 Å². The maximum absolute atomic E-state index is 13.2. The number of imide groups is 2. The molecule has 0 spiro atoms. The van der Waals surface area contributed by atoms with Crippen LogP contribution in [-0.4, -0.2) is 17.8 Å². The van der Waals surface area contributed by atoms with Crippen molar-refractivity contribution in [3.63, 3.8) is 0 Å². The molecule has 1 aliphatic heterocycles. The predicted octanol–water partition coefficient (Wildman–Crippen LogP) is 1.74. The Hall–Kier alpha value is -2.24. The summed E-state index contributed by atoms with van der Waals surface area (Å²) in [6.45, 7) is 4.39. The highest BCUT2D eigenvalue weighted by atomic mass is 19.1. The van der Waals surface area contributed by atoms with Crippen LogP contribution in [0.4, 0.5) is 14.9 Å². The fourth-order valence-corrected chi connectivity index (χ4v) is 1.78. The zero-order valence-electron chi connectivity index (χ0n) is 10.8. The number of hydrogen-bond donors (Lipinski definition) is 1. The Morgan fingerprint density at radius 3 is 2.42 bits per heavy atom. The number of carbonyl (C=O) groups excluding carboxylic acids is 3. The Morgan fingerprint density at radius 1 is 1.21 bits per heavy atom. The molecule has 0 saturated carbocycles. The van der Waals surface area contributed by atoms with E-state index in [1.54, 1.807) is 0 Å². The fraction of sp³-hybridized carbons (Fsp3) is 0.308. The average molecular weight is 264 g/mol. The van der Waals surface area contributed by atoms with Crippen molar-refractivity contribution in [3.8, 4) is 0 Å². The summed E-state index contributed by atoms with van der Waals surface area (Å²) in [4.78, 5) is 36.4. The van der Waals surface area contributed by atoms with Crippen molar-refractivity contribution in [3.05, 3.63) is 29.6 Å². The van der Waals surface area contributed by atoms with Gasteiger partial charge in [0.25, 0.3) is 0 Å². The maximum atomic E-state index is 13.2. The number of aryl methyl sites for hydroxylation is 1. The largest absolute Gasteiger partial charge is 0.335 e. The number of halogens is 1. The van der Waals surface area contributed by atoms with E-state index in [0.29, 0.717) is 5.56 Å². The third-order valence-electron chi connectivity index (χ3n) is 3.13. The molecular weight excluding hydrogens is 251 g/mol. The zero-order chi connectivity index (χ0) is 14.4. The molecule has 100 valence electrons. The molecule has 0 atom stereocenters. The number of amides is 4. The standard InChI is InChI=1S/C13H13FN2O3/c1-7-6-8(4-5-9(7)14)16-11(18)13(2,3)10(17)15-12(16)19/h4-6H,1-3H3,(H,15,17,19). The van der Waals surface area contributed by atoms with E-state index in [2.05, 4.69) is 5.32 Å². The van der Waals surface area contributed by atoms with Crippen molar-refractivity contribution >= 4 is 23.5 Å². The second kappa shape index (κ2) is 4.15. The number of nitrogens with zero attached hydrogens (tertiary/aromatic N) is 1. The van der Waals surface area contributed by atoms with Gasteiger partial charge >= 0.3 is 6.03 Å². The van der Waals surface area contributed by atoms with Crippen molar-refractivity contribution in [2.24, 2.45) is 5.41 Å². The minimum Gasteiger partial charge on any atom is -0.276 e. The smallest absolute Gasteiger partial charge is 0.276 e. The van der Waals surface area contributed by atoms with E-state index in [0.717, 1.165) is 4.90 Å². The molecule has 1 aromatic carbocycles. The predicted molar refractivity (Wildman–Crippen MR) is 65.9 cm³/mol. The lowest BCUT2D eigenvalue weighted by atomic mass is 9.88. The number of barbiturate groups is 1. The van der Waals surface area contributed by atoms with Crippen molar-refractivity contribution < 1.29 is 18.8 Å². The first kappa shape index (κ1) is 13.2. The summed E-state index contributed by atoms with van der Waals surface area (Å²) in [6, 6.07) is 3.07. The van der Waals surface area contributed by atoms with E-state index in [1.807, 2.05) is 0 Å². The number of rotatable bonds is 1. The van der Waals surface area contributed by atoms with Crippen LogP contribution < -0.4 is 10.2 Å². The zero-order valence-corrected chi connectivity index (χ0v) is 10.8. The Balaban J connectivity index is 2.48. The number of benzene rings is 1. The number of nitrogens with one attached hydrogen (secondary N) is 1. The molecule has 6 heteroatoms. The van der Waals surface area contributed by atoms with Crippen LogP contribution in [0.1, 0.15) is 19.4 Å². The van der Waals surface area contributed by atoms with Crippen LogP contribution >= 0.6 is 0 Å². The highest BCUT2D eigenvalue weighted by Crippen LogP contribution is 2.28. The van der Waals surface area contributed by atoms with Gasteiger partial charge in [-0.2, -0.15) is 0 Å². The molecule has 1 fully saturated rings. The van der Waals surface area contributed by atoms with Gasteiger partial charge in [-0.15, -0.1) is 0 Å². The summed E-state index contributed by atoms with van der Waals surface area (Å²) in [5.41, 5.74) is -0.786. The quantitative estimate of drug-likeness (QED) is 0.786. The third-order valence-corrected chi connectivity index (χ3v) is 3.13. The summed E-state index contributed by atoms with van der Waals surface area (Å²) in [5, 5.41) is 2.12. The molecule has 0 unspecified atom stereocenters. The number of anilines is 1. The minimum atomic E-state index is -1.34. The summed E-state index contributed by atoms with van der Waals surface area (Å²) in [7, 11) is 0. The van der Waals surface area contributed by atoms with Crippen LogP contribution in [0.5, 0.6) is 0 Å². The lowest BCUT2D eigenvalue weighted by Gasteiger charge is -2.34. The van der Waals surface area contributed by atoms with Crippen LogP contribution in [0.2, 0.25) is 0 Å². The van der Waals surface area contributed by atoms with Gasteiger partial charge in [-0.1, -0.05) is 0 Å². The van der Waals surface area contributed by atoms with Crippen LogP contribution in [0.3, 0.4) is 0 Å². The van der Waals surface area contributed by atoms with E-state index in [1.165, 1.54) is 39.0 Å². The molecule has 0 bridgehead atoms. The highest BCUT2D eigenvalue weighted by Gasteiger charge is 2.47. The Bertz CT molecular complexity index is 596. The molecule has 2 rings (SSSR count). The van der Waals surface area contributed by atoms with Gasteiger partial charge in [0.15, 0.2) is 0 Å². The van der Waals surface area contributed by atoms with E-state index < -0.39 is 29.1 Å². The second-order valence-corrected chi connectivity index (χ2v) is 4.96. The first-order valence-electron chi connectivity index (χ1n) is 5.71. The number of hydrogen-bond acceptors (Lipinski definition) is 3. The van der Waals surface area contributed by atoms with E-state index in [9.17, 15) is 18.8 Å². The third kappa shape index (κ3) is 1.99. The van der Waals surface area contributed by atoms with Crippen LogP contribution in [0, 0.1) is 18.2 Å². The normalized spacial score (nSPS) is 18.5. The monoisotopic (exact) mass is 264 g/mol. The summed E-state index contributed by atoms with van der Waals surface area (Å²) < 4.78 is 13.2. The average Bonchev–Trinajstić information content (AvgIpc) is 2.32. The van der Waals surface area contributed by atoms with Crippen molar-refractivity contribution in [1.82, 2.24) is 5.32 Å². The van der Waals surface area contributed by atoms with Crippen molar-refractivity contribution in [2.75, 3.05) is 4.90 Å². The molecule has 1 aliphatic rings. The van der Waals surface area contributed by atoms with E-state index in [-0.39, 0.29) is 5.69 Å². The maximum Gasteiger partial charge on any atom is 0.335 e. The first-order chi connectivity index (χ1) is 8.75. The van der Waals surface area contributed by atoms with Crippen LogP contribution in [-0.2, 0) is 9.59 Å². The Kier molecular flexibility index (Phi) is 2.88. The van der Waals surface area contributed by atoms with Gasteiger partial charge in [-0.05, 0) is 44.5 Å². The van der Waals surface area contributed by atoms with Gasteiger partial charge in [0, 0.05) is 0 Å². The summed E-state index contributed by atoms with van der Waals surface area (Å²) in [5.74, 6) is -1.70. The van der Waals surface area contributed by atoms with Gasteiger partial charge in [-0.25, -0.2) is 14.1 Å². The molecule has 0 aromatic heterocycles. The van der Waals surface area contributed by atoms with Gasteiger partial charge in [0.2, 0.25) is 11.8 Å². The molecule has 1 N–H and O–H groups in total. The van der Waals surface area contributed by atoms with Crippen LogP contribution in [0.15, 0.2) is 18.2 Å². The Morgan fingerprint density at radius 2 is 1.84 bits per heavy atom. The number of carbonyl (C=O) groups is 3. The molecule has 1 aromatic rings. The minimum absolute atomic E-state index is 0.238. The molecule has 0 radical (unpaired) electrons. The molecular formula is C13H13FN2O3. The highest BCUT2D eigenvalue weighted by molar-refractivity contribution is 6.29. The second-order valence-electron chi connectivity index (χ2n) is 4.96. The lowest BCUT2D eigenvalue weighted by Crippen LogP contribution is -2.62. The molecule has 0 aliphatic carbocycles. The first-order valence-corrected chi connectivity index (χ1v) is 5.71. The van der Waals surface area contributed by atoms with Gasteiger partial charge in [0.1, 0.15) is 11.2 Å². The van der Waals surface area contributed by atoms with Crippen molar-refractivity contribution in [2.45, 2.75) is 20.8 Å². The topological polar surface area (TPSA) is 66.5 Å². The van der Waals surface area contributed by atoms with Gasteiger partial charge < -0.3 is 0 Å². The molecule has 19 heavy (non-hydrogen) atoms. The summed E-state index contributed by atoms with van der Waals surface area (Å²) in [6.07, 6.45) is 0. The Labute approximate surface area is 109 Å². The molecule has 1 heterocycles. The fourth-order valence-electron chi connectivity index (χ4n) is 1.78. The van der Waals surface area contributed by atoms with Crippen molar-refractivity contribution in [1.29, 1.82) is 0 Å².